The van der Waals surface area contributed by atoms with Gasteiger partial charge in [-0.2, -0.15) is 11.8 Å². The van der Waals surface area contributed by atoms with Gasteiger partial charge in [0, 0.05) is 23.9 Å². The summed E-state index contributed by atoms with van der Waals surface area (Å²) in [5.41, 5.74) is 6.39. The van der Waals surface area contributed by atoms with Crippen LogP contribution in [-0.2, 0) is 0 Å². The Morgan fingerprint density at radius 1 is 1.38 bits per heavy atom. The van der Waals surface area contributed by atoms with Crippen LogP contribution in [0.1, 0.15) is 39.0 Å². The molecule has 1 aliphatic carbocycles. The van der Waals surface area contributed by atoms with Gasteiger partial charge in [-0.15, -0.1) is 0 Å². The molecule has 0 aromatic heterocycles. The minimum Gasteiger partial charge on any atom is -0.329 e. The van der Waals surface area contributed by atoms with E-state index >= 15 is 0 Å². The van der Waals surface area contributed by atoms with Gasteiger partial charge in [-0.3, -0.25) is 4.90 Å². The zero-order chi connectivity index (χ0) is 11.6. The van der Waals surface area contributed by atoms with Gasteiger partial charge in [-0.1, -0.05) is 13.3 Å². The maximum atomic E-state index is 6.11. The molecule has 1 aliphatic heterocycles. The van der Waals surface area contributed by atoms with Crippen molar-refractivity contribution in [3.63, 3.8) is 0 Å². The highest BCUT2D eigenvalue weighted by Crippen LogP contribution is 2.39. The molecule has 2 fully saturated rings. The Hall–Kier alpha value is 0.270. The molecule has 2 atom stereocenters. The summed E-state index contributed by atoms with van der Waals surface area (Å²) >= 11 is 2.11. The molecular weight excluding hydrogens is 216 g/mol. The summed E-state index contributed by atoms with van der Waals surface area (Å²) in [7, 11) is 2.30. The first-order valence-electron chi connectivity index (χ1n) is 6.72. The molecule has 2 aliphatic rings. The van der Waals surface area contributed by atoms with Gasteiger partial charge in [0.1, 0.15) is 0 Å². The van der Waals surface area contributed by atoms with Gasteiger partial charge in [0.25, 0.3) is 0 Å². The topological polar surface area (TPSA) is 29.3 Å². The Bertz CT molecular complexity index is 230. The third-order valence-electron chi connectivity index (χ3n) is 4.75. The molecule has 2 rings (SSSR count). The van der Waals surface area contributed by atoms with Crippen molar-refractivity contribution >= 4 is 11.8 Å². The second kappa shape index (κ2) is 5.28. The van der Waals surface area contributed by atoms with Crippen molar-refractivity contribution in [3.8, 4) is 0 Å². The molecule has 16 heavy (non-hydrogen) atoms. The molecule has 2 unspecified atom stereocenters. The second-order valence-electron chi connectivity index (χ2n) is 5.60. The Labute approximate surface area is 104 Å². The van der Waals surface area contributed by atoms with Crippen LogP contribution in [0.2, 0.25) is 0 Å². The lowest BCUT2D eigenvalue weighted by atomic mass is 9.82. The number of likely N-dealkylation sites (N-methyl/N-ethyl adjacent to an activating group) is 1. The van der Waals surface area contributed by atoms with Gasteiger partial charge < -0.3 is 5.73 Å². The molecule has 0 aromatic rings. The smallest absolute Gasteiger partial charge is 0.0444 e. The van der Waals surface area contributed by atoms with E-state index in [0.29, 0.717) is 5.25 Å². The van der Waals surface area contributed by atoms with E-state index in [0.717, 1.165) is 12.5 Å². The average molecular weight is 242 g/mol. The van der Waals surface area contributed by atoms with Crippen LogP contribution in [0.25, 0.3) is 0 Å². The SMILES string of the molecule is CC1SCCCC1(CN)N(C)CC1CCC1. The highest BCUT2D eigenvalue weighted by Gasteiger charge is 2.41. The number of nitrogens with zero attached hydrogens (tertiary/aromatic N) is 1. The van der Waals surface area contributed by atoms with Crippen LogP contribution in [0.4, 0.5) is 0 Å². The van der Waals surface area contributed by atoms with Crippen LogP contribution >= 0.6 is 11.8 Å². The fourth-order valence-corrected chi connectivity index (χ4v) is 4.54. The first-order chi connectivity index (χ1) is 7.69. The third kappa shape index (κ3) is 2.27. The van der Waals surface area contributed by atoms with Gasteiger partial charge in [0.15, 0.2) is 0 Å². The van der Waals surface area contributed by atoms with E-state index < -0.39 is 0 Å². The maximum absolute atomic E-state index is 6.11. The zero-order valence-corrected chi connectivity index (χ0v) is 11.6. The Kier molecular flexibility index (Phi) is 4.20. The van der Waals surface area contributed by atoms with Crippen molar-refractivity contribution in [2.45, 2.75) is 49.8 Å². The first kappa shape index (κ1) is 12.7. The molecule has 2 N–H and O–H groups in total. The lowest BCUT2D eigenvalue weighted by Crippen LogP contribution is -2.60. The summed E-state index contributed by atoms with van der Waals surface area (Å²) in [6.45, 7) is 4.46. The van der Waals surface area contributed by atoms with E-state index in [1.165, 1.54) is 44.4 Å². The highest BCUT2D eigenvalue weighted by molar-refractivity contribution is 8.00. The van der Waals surface area contributed by atoms with E-state index in [9.17, 15) is 0 Å². The fourth-order valence-electron chi connectivity index (χ4n) is 3.17. The fraction of sp³-hybridized carbons (Fsp3) is 1.00. The predicted molar refractivity (Wildman–Crippen MR) is 72.9 cm³/mol. The van der Waals surface area contributed by atoms with Crippen LogP contribution in [0.3, 0.4) is 0 Å². The molecular formula is C13H26N2S. The van der Waals surface area contributed by atoms with Crippen molar-refractivity contribution in [2.24, 2.45) is 11.7 Å². The molecule has 1 saturated carbocycles. The van der Waals surface area contributed by atoms with Gasteiger partial charge in [0.2, 0.25) is 0 Å². The zero-order valence-electron chi connectivity index (χ0n) is 10.7. The van der Waals surface area contributed by atoms with E-state index in [-0.39, 0.29) is 5.54 Å². The van der Waals surface area contributed by atoms with E-state index in [1.807, 2.05) is 0 Å². The van der Waals surface area contributed by atoms with Crippen LogP contribution in [0.5, 0.6) is 0 Å². The monoisotopic (exact) mass is 242 g/mol. The largest absolute Gasteiger partial charge is 0.329 e. The number of hydrogen-bond donors (Lipinski definition) is 1. The molecule has 0 radical (unpaired) electrons. The molecule has 94 valence electrons. The molecule has 0 aromatic carbocycles. The van der Waals surface area contributed by atoms with Gasteiger partial charge in [-0.25, -0.2) is 0 Å². The van der Waals surface area contributed by atoms with E-state index in [2.05, 4.69) is 30.6 Å². The van der Waals surface area contributed by atoms with Crippen LogP contribution in [0, 0.1) is 5.92 Å². The second-order valence-corrected chi connectivity index (χ2v) is 7.05. The minimum absolute atomic E-state index is 0.276. The van der Waals surface area contributed by atoms with Crippen LogP contribution in [0.15, 0.2) is 0 Å². The Morgan fingerprint density at radius 2 is 2.12 bits per heavy atom. The summed E-state index contributed by atoms with van der Waals surface area (Å²) in [5.74, 6) is 2.27. The Balaban J connectivity index is 1.99. The molecule has 2 nitrogen and oxygen atoms in total. The predicted octanol–water partition coefficient (Wildman–Crippen LogP) is 2.33. The molecule has 1 heterocycles. The minimum atomic E-state index is 0.276. The van der Waals surface area contributed by atoms with Crippen molar-refractivity contribution in [1.82, 2.24) is 4.90 Å². The lowest BCUT2D eigenvalue weighted by molar-refractivity contribution is 0.0750. The summed E-state index contributed by atoms with van der Waals surface area (Å²) in [6, 6.07) is 0. The van der Waals surface area contributed by atoms with Crippen LogP contribution < -0.4 is 5.73 Å². The summed E-state index contributed by atoms with van der Waals surface area (Å²) < 4.78 is 0. The lowest BCUT2D eigenvalue weighted by Gasteiger charge is -2.49. The van der Waals surface area contributed by atoms with Crippen molar-refractivity contribution in [3.05, 3.63) is 0 Å². The number of thioether (sulfide) groups is 1. The normalized spacial score (nSPS) is 36.4. The number of hydrogen-bond acceptors (Lipinski definition) is 3. The summed E-state index contributed by atoms with van der Waals surface area (Å²) in [4.78, 5) is 2.59. The van der Waals surface area contributed by atoms with E-state index in [1.54, 1.807) is 0 Å². The van der Waals surface area contributed by atoms with Crippen molar-refractivity contribution in [2.75, 3.05) is 25.9 Å². The van der Waals surface area contributed by atoms with Gasteiger partial charge in [-0.05, 0) is 44.4 Å². The summed E-state index contributed by atoms with van der Waals surface area (Å²) in [6.07, 6.45) is 6.94. The van der Waals surface area contributed by atoms with Crippen LogP contribution in [-0.4, -0.2) is 41.6 Å². The van der Waals surface area contributed by atoms with E-state index in [4.69, 9.17) is 5.73 Å². The third-order valence-corrected chi connectivity index (χ3v) is 6.21. The van der Waals surface area contributed by atoms with Crippen molar-refractivity contribution in [1.29, 1.82) is 0 Å². The van der Waals surface area contributed by atoms with Crippen molar-refractivity contribution < 1.29 is 0 Å². The van der Waals surface area contributed by atoms with Gasteiger partial charge >= 0.3 is 0 Å². The summed E-state index contributed by atoms with van der Waals surface area (Å²) in [5, 5.41) is 0.691. The average Bonchev–Trinajstić information content (AvgIpc) is 2.24. The quantitative estimate of drug-likeness (QED) is 0.820. The standard InChI is InChI=1S/C13H26N2S/c1-11-13(10-14,7-4-8-16-11)15(2)9-12-5-3-6-12/h11-12H,3-10,14H2,1-2H3. The number of rotatable bonds is 4. The molecule has 0 amide bonds. The molecule has 0 bridgehead atoms. The first-order valence-corrected chi connectivity index (χ1v) is 7.77. The maximum Gasteiger partial charge on any atom is 0.0444 e. The molecule has 3 heteroatoms. The molecule has 1 saturated heterocycles. The highest BCUT2D eigenvalue weighted by atomic mass is 32.2. The number of nitrogens with two attached hydrogens (primary N) is 1. The van der Waals surface area contributed by atoms with Gasteiger partial charge in [0.05, 0.1) is 0 Å². The Morgan fingerprint density at radius 3 is 2.62 bits per heavy atom. The molecule has 0 spiro atoms.